The van der Waals surface area contributed by atoms with Crippen LogP contribution >= 0.6 is 11.6 Å². The predicted octanol–water partition coefficient (Wildman–Crippen LogP) is 4.51. The standard InChI is InChI=1S/C19H16ClFN6/c1-27-18-15(11-23-27)17(24-14-8-6-13(21)7-9-14)25-19(26-18)22-10-12-4-2-3-5-16(12)20/h2-9,11H,10H2,1H3,(H2,22,24,25,26). The molecule has 4 aromatic rings. The minimum atomic E-state index is -0.295. The first-order valence-corrected chi connectivity index (χ1v) is 8.67. The molecule has 0 saturated carbocycles. The molecule has 2 heterocycles. The minimum absolute atomic E-state index is 0.295. The van der Waals surface area contributed by atoms with Crippen LogP contribution in [-0.2, 0) is 13.6 Å². The Bertz CT molecular complexity index is 1090. The van der Waals surface area contributed by atoms with Crippen molar-refractivity contribution in [1.29, 1.82) is 0 Å². The second kappa shape index (κ2) is 7.20. The van der Waals surface area contributed by atoms with Gasteiger partial charge in [-0.3, -0.25) is 4.68 Å². The molecular formula is C19H16ClFN6. The van der Waals surface area contributed by atoms with Gasteiger partial charge in [-0.25, -0.2) is 4.39 Å². The molecule has 2 aromatic heterocycles. The van der Waals surface area contributed by atoms with Gasteiger partial charge in [0.1, 0.15) is 11.6 Å². The number of aromatic nitrogens is 4. The Balaban J connectivity index is 1.66. The van der Waals surface area contributed by atoms with E-state index in [1.807, 2.05) is 31.3 Å². The lowest BCUT2D eigenvalue weighted by Gasteiger charge is -2.11. The van der Waals surface area contributed by atoms with Crippen molar-refractivity contribution in [2.24, 2.45) is 7.05 Å². The van der Waals surface area contributed by atoms with E-state index in [1.165, 1.54) is 12.1 Å². The zero-order valence-electron chi connectivity index (χ0n) is 14.4. The Morgan fingerprint density at radius 2 is 1.85 bits per heavy atom. The molecule has 6 nitrogen and oxygen atoms in total. The molecule has 0 spiro atoms. The van der Waals surface area contributed by atoms with Gasteiger partial charge in [0.2, 0.25) is 5.95 Å². The lowest BCUT2D eigenvalue weighted by atomic mass is 10.2. The Morgan fingerprint density at radius 1 is 1.07 bits per heavy atom. The van der Waals surface area contributed by atoms with E-state index < -0.39 is 0 Å². The van der Waals surface area contributed by atoms with Gasteiger partial charge in [0.05, 0.1) is 11.6 Å². The van der Waals surface area contributed by atoms with E-state index >= 15 is 0 Å². The molecule has 27 heavy (non-hydrogen) atoms. The number of aryl methyl sites for hydroxylation is 1. The number of anilines is 3. The van der Waals surface area contributed by atoms with E-state index in [2.05, 4.69) is 25.7 Å². The number of hydrogen-bond acceptors (Lipinski definition) is 5. The first kappa shape index (κ1) is 17.2. The third-order valence-corrected chi connectivity index (χ3v) is 4.46. The first-order chi connectivity index (χ1) is 13.1. The molecule has 0 bridgehead atoms. The Labute approximate surface area is 160 Å². The normalized spacial score (nSPS) is 10.9. The minimum Gasteiger partial charge on any atom is -0.350 e. The molecule has 0 aliphatic rings. The van der Waals surface area contributed by atoms with Crippen LogP contribution in [0.15, 0.2) is 54.7 Å². The summed E-state index contributed by atoms with van der Waals surface area (Å²) in [7, 11) is 1.81. The maximum atomic E-state index is 13.2. The van der Waals surface area contributed by atoms with Crippen LogP contribution in [0, 0.1) is 5.82 Å². The van der Waals surface area contributed by atoms with Crippen molar-refractivity contribution in [3.63, 3.8) is 0 Å². The lowest BCUT2D eigenvalue weighted by molar-refractivity contribution is 0.628. The molecule has 0 unspecified atom stereocenters. The topological polar surface area (TPSA) is 67.7 Å². The van der Waals surface area contributed by atoms with Gasteiger partial charge in [-0.2, -0.15) is 15.1 Å². The zero-order valence-corrected chi connectivity index (χ0v) is 15.2. The molecule has 0 saturated heterocycles. The fraction of sp³-hybridized carbons (Fsp3) is 0.105. The van der Waals surface area contributed by atoms with Gasteiger partial charge in [-0.05, 0) is 35.9 Å². The molecule has 8 heteroatoms. The largest absolute Gasteiger partial charge is 0.350 e. The lowest BCUT2D eigenvalue weighted by Crippen LogP contribution is -2.07. The summed E-state index contributed by atoms with van der Waals surface area (Å²) in [4.78, 5) is 9.08. The Morgan fingerprint density at radius 3 is 2.63 bits per heavy atom. The average Bonchev–Trinajstić information content (AvgIpc) is 3.04. The monoisotopic (exact) mass is 382 g/mol. The number of hydrogen-bond donors (Lipinski definition) is 2. The van der Waals surface area contributed by atoms with Crippen LogP contribution in [-0.4, -0.2) is 19.7 Å². The maximum absolute atomic E-state index is 13.2. The summed E-state index contributed by atoms with van der Waals surface area (Å²) < 4.78 is 14.8. The third kappa shape index (κ3) is 3.68. The van der Waals surface area contributed by atoms with Gasteiger partial charge in [-0.1, -0.05) is 29.8 Å². The summed E-state index contributed by atoms with van der Waals surface area (Å²) in [6, 6.07) is 13.7. The fourth-order valence-electron chi connectivity index (χ4n) is 2.68. The smallest absolute Gasteiger partial charge is 0.227 e. The van der Waals surface area contributed by atoms with Crippen LogP contribution in [0.4, 0.5) is 21.8 Å². The van der Waals surface area contributed by atoms with E-state index in [0.717, 1.165) is 16.6 Å². The quantitative estimate of drug-likeness (QED) is 0.531. The number of halogens is 2. The second-order valence-electron chi connectivity index (χ2n) is 5.98. The van der Waals surface area contributed by atoms with Gasteiger partial charge in [0, 0.05) is 24.3 Å². The number of nitrogens with zero attached hydrogens (tertiary/aromatic N) is 4. The summed E-state index contributed by atoms with van der Waals surface area (Å²) in [6.07, 6.45) is 1.69. The van der Waals surface area contributed by atoms with Gasteiger partial charge in [0.25, 0.3) is 0 Å². The van der Waals surface area contributed by atoms with E-state index in [4.69, 9.17) is 11.6 Å². The fourth-order valence-corrected chi connectivity index (χ4v) is 2.89. The van der Waals surface area contributed by atoms with Crippen LogP contribution < -0.4 is 10.6 Å². The van der Waals surface area contributed by atoms with Crippen molar-refractivity contribution in [1.82, 2.24) is 19.7 Å². The van der Waals surface area contributed by atoms with Crippen molar-refractivity contribution < 1.29 is 4.39 Å². The number of nitrogens with one attached hydrogen (secondary N) is 2. The van der Waals surface area contributed by atoms with E-state index in [0.29, 0.717) is 29.0 Å². The number of rotatable bonds is 5. The van der Waals surface area contributed by atoms with Crippen LogP contribution in [0.1, 0.15) is 5.56 Å². The SMILES string of the molecule is Cn1ncc2c(Nc3ccc(F)cc3)nc(NCc3ccccc3Cl)nc21. The Hall–Kier alpha value is -3.19. The van der Waals surface area contributed by atoms with Crippen LogP contribution in [0.25, 0.3) is 11.0 Å². The highest BCUT2D eigenvalue weighted by atomic mass is 35.5. The first-order valence-electron chi connectivity index (χ1n) is 8.30. The van der Waals surface area contributed by atoms with E-state index in [1.54, 1.807) is 23.0 Å². The van der Waals surface area contributed by atoms with Crippen molar-refractivity contribution >= 4 is 40.1 Å². The maximum Gasteiger partial charge on any atom is 0.227 e. The van der Waals surface area contributed by atoms with Crippen LogP contribution in [0.3, 0.4) is 0 Å². The second-order valence-corrected chi connectivity index (χ2v) is 6.39. The summed E-state index contributed by atoms with van der Waals surface area (Å²) >= 11 is 6.21. The molecule has 2 aromatic carbocycles. The van der Waals surface area contributed by atoms with Gasteiger partial charge < -0.3 is 10.6 Å². The number of benzene rings is 2. The van der Waals surface area contributed by atoms with E-state index in [-0.39, 0.29) is 5.82 Å². The molecular weight excluding hydrogens is 367 g/mol. The number of fused-ring (bicyclic) bond motifs is 1. The van der Waals surface area contributed by atoms with Crippen molar-refractivity contribution in [2.45, 2.75) is 6.54 Å². The van der Waals surface area contributed by atoms with Crippen LogP contribution in [0.2, 0.25) is 5.02 Å². The van der Waals surface area contributed by atoms with Gasteiger partial charge in [-0.15, -0.1) is 0 Å². The molecule has 4 rings (SSSR count). The Kier molecular flexibility index (Phi) is 4.60. The zero-order chi connectivity index (χ0) is 18.8. The van der Waals surface area contributed by atoms with Crippen molar-refractivity contribution in [2.75, 3.05) is 10.6 Å². The molecule has 0 radical (unpaired) electrons. The summed E-state index contributed by atoms with van der Waals surface area (Å²) in [5.74, 6) is 0.730. The van der Waals surface area contributed by atoms with E-state index in [9.17, 15) is 4.39 Å². The molecule has 0 amide bonds. The molecule has 0 aliphatic carbocycles. The highest BCUT2D eigenvalue weighted by Crippen LogP contribution is 2.25. The molecule has 0 atom stereocenters. The van der Waals surface area contributed by atoms with Crippen molar-refractivity contribution in [3.8, 4) is 0 Å². The van der Waals surface area contributed by atoms with Crippen molar-refractivity contribution in [3.05, 3.63) is 71.1 Å². The average molecular weight is 383 g/mol. The van der Waals surface area contributed by atoms with Gasteiger partial charge >= 0.3 is 0 Å². The highest BCUT2D eigenvalue weighted by Gasteiger charge is 2.12. The summed E-state index contributed by atoms with van der Waals surface area (Å²) in [5.41, 5.74) is 2.34. The summed E-state index contributed by atoms with van der Waals surface area (Å²) in [6.45, 7) is 0.485. The van der Waals surface area contributed by atoms with Crippen LogP contribution in [0.5, 0.6) is 0 Å². The molecule has 0 fully saturated rings. The molecule has 2 N–H and O–H groups in total. The molecule has 0 aliphatic heterocycles. The predicted molar refractivity (Wildman–Crippen MR) is 105 cm³/mol. The molecule has 136 valence electrons. The third-order valence-electron chi connectivity index (χ3n) is 4.09. The van der Waals surface area contributed by atoms with Gasteiger partial charge in [0.15, 0.2) is 5.65 Å². The summed E-state index contributed by atoms with van der Waals surface area (Å²) in [5, 5.41) is 12.1. The highest BCUT2D eigenvalue weighted by molar-refractivity contribution is 6.31.